The van der Waals surface area contributed by atoms with Crippen LogP contribution in [0, 0.1) is 16.0 Å². The lowest BCUT2D eigenvalue weighted by atomic mass is 10.0. The molecule has 10 heteroatoms. The number of nitrogens with one attached hydrogen (secondary N) is 1. The number of non-ortho nitro benzene ring substituents is 1. The minimum Gasteiger partial charge on any atom is -0.480 e. The summed E-state index contributed by atoms with van der Waals surface area (Å²) in [5, 5.41) is 22.0. The normalized spacial score (nSPS) is 11.7. The van der Waals surface area contributed by atoms with Crippen LogP contribution in [0.15, 0.2) is 18.2 Å². The van der Waals surface area contributed by atoms with Crippen molar-refractivity contribution in [2.24, 2.45) is 5.92 Å². The van der Waals surface area contributed by atoms with Gasteiger partial charge in [0.1, 0.15) is 12.6 Å². The molecule has 0 aromatic heterocycles. The lowest BCUT2D eigenvalue weighted by Crippen LogP contribution is -2.52. The van der Waals surface area contributed by atoms with Gasteiger partial charge in [-0.2, -0.15) is 0 Å². The van der Waals surface area contributed by atoms with Crippen LogP contribution in [0.3, 0.4) is 0 Å². The molecule has 1 atom stereocenters. The molecule has 0 aliphatic carbocycles. The molecule has 9 nitrogen and oxygen atoms in total. The van der Waals surface area contributed by atoms with Crippen molar-refractivity contribution in [3.8, 4) is 0 Å². The van der Waals surface area contributed by atoms with E-state index in [4.69, 9.17) is 16.7 Å². The van der Waals surface area contributed by atoms with Gasteiger partial charge in [-0.15, -0.1) is 0 Å². The summed E-state index contributed by atoms with van der Waals surface area (Å²) in [5.74, 6) is -2.68. The molecule has 0 heterocycles. The number of carboxylic acid groups (broad SMARTS) is 1. The Kier molecular flexibility index (Phi) is 7.51. The predicted molar refractivity (Wildman–Crippen MR) is 94.1 cm³/mol. The van der Waals surface area contributed by atoms with Crippen molar-refractivity contribution < 1.29 is 24.4 Å². The van der Waals surface area contributed by atoms with E-state index in [0.29, 0.717) is 0 Å². The third-order valence-corrected chi connectivity index (χ3v) is 3.96. The Balaban J connectivity index is 3.03. The number of amides is 2. The quantitative estimate of drug-likeness (QED) is 0.519. The van der Waals surface area contributed by atoms with Crippen LogP contribution in [-0.2, 0) is 9.59 Å². The van der Waals surface area contributed by atoms with E-state index in [9.17, 15) is 24.5 Å². The largest absolute Gasteiger partial charge is 0.480 e. The lowest BCUT2D eigenvalue weighted by Gasteiger charge is -2.28. The van der Waals surface area contributed by atoms with Crippen LogP contribution in [0.5, 0.6) is 0 Å². The molecule has 0 fully saturated rings. The van der Waals surface area contributed by atoms with E-state index in [-0.39, 0.29) is 28.7 Å². The molecule has 2 N–H and O–H groups in total. The minimum absolute atomic E-state index is 0.0167. The van der Waals surface area contributed by atoms with Crippen molar-refractivity contribution in [1.29, 1.82) is 0 Å². The number of carboxylic acids is 1. The van der Waals surface area contributed by atoms with E-state index in [0.717, 1.165) is 17.0 Å². The first-order valence-corrected chi connectivity index (χ1v) is 8.21. The van der Waals surface area contributed by atoms with Gasteiger partial charge in [0.2, 0.25) is 5.91 Å². The number of carbonyl (C=O) groups is 3. The summed E-state index contributed by atoms with van der Waals surface area (Å²) in [4.78, 5) is 47.1. The third-order valence-electron chi connectivity index (χ3n) is 3.65. The zero-order chi connectivity index (χ0) is 20.0. The molecule has 142 valence electrons. The van der Waals surface area contributed by atoms with Gasteiger partial charge in [0.15, 0.2) is 0 Å². The molecule has 0 radical (unpaired) electrons. The molecule has 0 bridgehead atoms. The Hall–Kier alpha value is -2.68. The first-order chi connectivity index (χ1) is 12.1. The Morgan fingerprint density at radius 3 is 2.38 bits per heavy atom. The second-order valence-electron chi connectivity index (χ2n) is 5.86. The number of nitro groups is 1. The summed E-state index contributed by atoms with van der Waals surface area (Å²) in [6.45, 7) is 4.73. The summed E-state index contributed by atoms with van der Waals surface area (Å²) >= 11 is 5.93. The highest BCUT2D eigenvalue weighted by molar-refractivity contribution is 6.34. The summed E-state index contributed by atoms with van der Waals surface area (Å²) in [6.07, 6.45) is 0. The van der Waals surface area contributed by atoms with Crippen molar-refractivity contribution in [3.63, 3.8) is 0 Å². The van der Waals surface area contributed by atoms with Crippen molar-refractivity contribution in [2.75, 3.05) is 13.1 Å². The van der Waals surface area contributed by atoms with Gasteiger partial charge in [-0.25, -0.2) is 0 Å². The molecule has 0 saturated heterocycles. The van der Waals surface area contributed by atoms with Crippen molar-refractivity contribution in [2.45, 2.75) is 26.8 Å². The Morgan fingerprint density at radius 2 is 1.96 bits per heavy atom. The first-order valence-electron chi connectivity index (χ1n) is 7.83. The highest BCUT2D eigenvalue weighted by Gasteiger charge is 2.30. The third kappa shape index (κ3) is 5.41. The molecule has 1 aromatic carbocycles. The molecule has 1 rings (SSSR count). The van der Waals surface area contributed by atoms with Crippen LogP contribution in [0.25, 0.3) is 0 Å². The fourth-order valence-electron chi connectivity index (χ4n) is 2.24. The molecular weight excluding hydrogens is 366 g/mol. The smallest absolute Gasteiger partial charge is 0.323 e. The number of likely N-dealkylation sites (N-methyl/N-ethyl adjacent to an activating group) is 1. The van der Waals surface area contributed by atoms with Gasteiger partial charge >= 0.3 is 5.97 Å². The minimum atomic E-state index is -1.16. The highest BCUT2D eigenvalue weighted by atomic mass is 35.5. The van der Waals surface area contributed by atoms with E-state index < -0.39 is 35.3 Å². The highest BCUT2D eigenvalue weighted by Crippen LogP contribution is 2.22. The van der Waals surface area contributed by atoms with Crippen LogP contribution in [-0.4, -0.2) is 51.8 Å². The van der Waals surface area contributed by atoms with E-state index in [1.165, 1.54) is 6.07 Å². The Morgan fingerprint density at radius 1 is 1.35 bits per heavy atom. The number of nitro benzene ring substituents is 1. The second kappa shape index (κ2) is 9.14. The van der Waals surface area contributed by atoms with Gasteiger partial charge in [0, 0.05) is 18.7 Å². The fourth-order valence-corrected chi connectivity index (χ4v) is 2.50. The molecule has 0 aliphatic rings. The molecule has 0 spiro atoms. The molecule has 26 heavy (non-hydrogen) atoms. The average Bonchev–Trinajstić information content (AvgIpc) is 2.55. The number of rotatable bonds is 8. The summed E-state index contributed by atoms with van der Waals surface area (Å²) in [7, 11) is 0. The topological polar surface area (TPSA) is 130 Å². The monoisotopic (exact) mass is 385 g/mol. The zero-order valence-corrected chi connectivity index (χ0v) is 15.3. The van der Waals surface area contributed by atoms with E-state index >= 15 is 0 Å². The van der Waals surface area contributed by atoms with Crippen LogP contribution >= 0.6 is 11.6 Å². The molecular formula is C16H20ClN3O6. The Bertz CT molecular complexity index is 722. The molecule has 1 aromatic rings. The predicted octanol–water partition coefficient (Wildman–Crippen LogP) is 1.94. The van der Waals surface area contributed by atoms with Crippen molar-refractivity contribution in [1.82, 2.24) is 10.2 Å². The summed E-state index contributed by atoms with van der Waals surface area (Å²) in [6, 6.07) is 2.42. The molecule has 2 amide bonds. The maximum atomic E-state index is 12.6. The van der Waals surface area contributed by atoms with E-state index in [2.05, 4.69) is 5.32 Å². The number of hydrogen-bond acceptors (Lipinski definition) is 5. The van der Waals surface area contributed by atoms with Gasteiger partial charge < -0.3 is 15.3 Å². The number of halogens is 1. The van der Waals surface area contributed by atoms with Crippen LogP contribution in [0.4, 0.5) is 5.69 Å². The van der Waals surface area contributed by atoms with Crippen LogP contribution in [0.2, 0.25) is 5.02 Å². The zero-order valence-electron chi connectivity index (χ0n) is 14.6. The second-order valence-corrected chi connectivity index (χ2v) is 6.27. The molecule has 0 aliphatic heterocycles. The van der Waals surface area contributed by atoms with E-state index in [1.807, 2.05) is 0 Å². The summed E-state index contributed by atoms with van der Waals surface area (Å²) < 4.78 is 0. The number of benzene rings is 1. The van der Waals surface area contributed by atoms with Crippen LogP contribution < -0.4 is 5.32 Å². The van der Waals surface area contributed by atoms with Crippen LogP contribution in [0.1, 0.15) is 31.1 Å². The van der Waals surface area contributed by atoms with Crippen molar-refractivity contribution in [3.05, 3.63) is 38.9 Å². The number of nitrogens with zero attached hydrogens (tertiary/aromatic N) is 2. The molecule has 1 unspecified atom stereocenters. The Labute approximate surface area is 155 Å². The van der Waals surface area contributed by atoms with E-state index in [1.54, 1.807) is 20.8 Å². The maximum absolute atomic E-state index is 12.6. The van der Waals surface area contributed by atoms with Gasteiger partial charge in [0.25, 0.3) is 11.6 Å². The van der Waals surface area contributed by atoms with Gasteiger partial charge in [0.05, 0.1) is 15.5 Å². The average molecular weight is 386 g/mol. The number of carbonyl (C=O) groups excluding carboxylic acids is 2. The lowest BCUT2D eigenvalue weighted by molar-refractivity contribution is -0.384. The van der Waals surface area contributed by atoms with Gasteiger partial charge in [-0.05, 0) is 18.9 Å². The maximum Gasteiger partial charge on any atom is 0.323 e. The number of hydrogen-bond donors (Lipinski definition) is 2. The SMILES string of the molecule is CCN(CC(=O)O)C(=O)C(NC(=O)c1ccc([N+](=O)[O-])cc1Cl)C(C)C. The molecule has 0 saturated carbocycles. The van der Waals surface area contributed by atoms with Crippen molar-refractivity contribution >= 4 is 35.1 Å². The van der Waals surface area contributed by atoms with Gasteiger partial charge in [-0.3, -0.25) is 24.5 Å². The first kappa shape index (κ1) is 21.4. The van der Waals surface area contributed by atoms with Gasteiger partial charge in [-0.1, -0.05) is 25.4 Å². The summed E-state index contributed by atoms with van der Waals surface area (Å²) in [5.41, 5.74) is -0.279. The number of aliphatic carboxylic acids is 1. The standard InChI is InChI=1S/C16H20ClN3O6/c1-4-19(8-13(21)22)16(24)14(9(2)3)18-15(23)11-6-5-10(20(25)26)7-12(11)17/h5-7,9,14H,4,8H2,1-3H3,(H,18,23)(H,21,22). The fraction of sp³-hybridized carbons (Fsp3) is 0.438.